The molecule has 2 heterocycles. The number of methoxy groups -OCH3 is 1. The van der Waals surface area contributed by atoms with Crippen LogP contribution >= 0.6 is 0 Å². The van der Waals surface area contributed by atoms with Crippen LogP contribution in [0.3, 0.4) is 0 Å². The molecule has 0 aliphatic carbocycles. The van der Waals surface area contributed by atoms with Crippen LogP contribution in [0.5, 0.6) is 0 Å². The number of furan rings is 1. The van der Waals surface area contributed by atoms with E-state index in [4.69, 9.17) is 13.9 Å². The fourth-order valence-electron chi connectivity index (χ4n) is 2.61. The summed E-state index contributed by atoms with van der Waals surface area (Å²) in [6.45, 7) is 0.579. The highest BCUT2D eigenvalue weighted by Gasteiger charge is 2.28. The van der Waals surface area contributed by atoms with Crippen LogP contribution in [-0.4, -0.2) is 62.0 Å². The van der Waals surface area contributed by atoms with Gasteiger partial charge in [-0.1, -0.05) is 0 Å². The van der Waals surface area contributed by atoms with Gasteiger partial charge < -0.3 is 24.1 Å². The topological polar surface area (TPSA) is 115 Å². The van der Waals surface area contributed by atoms with E-state index in [1.165, 1.54) is 19.4 Å². The van der Waals surface area contributed by atoms with Gasteiger partial charge >= 0.3 is 11.9 Å². The Bertz CT molecular complexity index is 634. The number of amides is 2. The Balaban J connectivity index is 1.61. The van der Waals surface area contributed by atoms with Gasteiger partial charge in [-0.3, -0.25) is 19.2 Å². The number of carbonyl (C=O) groups excluding carboxylic acids is 4. The van der Waals surface area contributed by atoms with E-state index in [-0.39, 0.29) is 43.1 Å². The van der Waals surface area contributed by atoms with E-state index in [0.717, 1.165) is 0 Å². The number of nitrogens with one attached hydrogen (secondary N) is 1. The van der Waals surface area contributed by atoms with Crippen LogP contribution in [0.1, 0.15) is 29.8 Å². The van der Waals surface area contributed by atoms with Gasteiger partial charge in [0.25, 0.3) is 11.8 Å². The molecule has 2 amide bonds. The molecule has 0 radical (unpaired) electrons. The Kier molecular flexibility index (Phi) is 7.19. The largest absolute Gasteiger partial charge is 0.469 e. The Labute approximate surface area is 150 Å². The molecule has 1 saturated heterocycles. The van der Waals surface area contributed by atoms with E-state index in [9.17, 15) is 19.2 Å². The third-order valence-electron chi connectivity index (χ3n) is 4.10. The monoisotopic (exact) mass is 366 g/mol. The smallest absolute Gasteiger partial charge is 0.308 e. The van der Waals surface area contributed by atoms with Crippen LogP contribution < -0.4 is 5.32 Å². The Morgan fingerprint density at radius 2 is 2.00 bits per heavy atom. The second-order valence-corrected chi connectivity index (χ2v) is 5.82. The second-order valence-electron chi connectivity index (χ2n) is 5.82. The number of nitrogens with zero attached hydrogens (tertiary/aromatic N) is 1. The minimum Gasteiger partial charge on any atom is -0.469 e. The van der Waals surface area contributed by atoms with E-state index < -0.39 is 11.9 Å². The summed E-state index contributed by atoms with van der Waals surface area (Å²) in [4.78, 5) is 48.3. The van der Waals surface area contributed by atoms with E-state index in [1.807, 2.05) is 0 Å². The molecule has 0 spiro atoms. The van der Waals surface area contributed by atoms with Crippen LogP contribution in [-0.2, 0) is 23.9 Å². The van der Waals surface area contributed by atoms with Crippen molar-refractivity contribution in [1.82, 2.24) is 10.2 Å². The molecule has 0 bridgehead atoms. The van der Waals surface area contributed by atoms with Gasteiger partial charge in [0.2, 0.25) is 0 Å². The average Bonchev–Trinajstić information content (AvgIpc) is 3.20. The van der Waals surface area contributed by atoms with Crippen molar-refractivity contribution in [3.63, 3.8) is 0 Å². The minimum atomic E-state index is -0.581. The van der Waals surface area contributed by atoms with Crippen LogP contribution in [0, 0.1) is 5.92 Å². The first-order chi connectivity index (χ1) is 12.5. The maximum absolute atomic E-state index is 12.0. The predicted molar refractivity (Wildman–Crippen MR) is 87.9 cm³/mol. The van der Waals surface area contributed by atoms with Crippen LogP contribution in [0.25, 0.3) is 0 Å². The Morgan fingerprint density at radius 1 is 1.27 bits per heavy atom. The molecule has 9 heteroatoms. The predicted octanol–water partition coefficient (Wildman–Crippen LogP) is 0.354. The highest BCUT2D eigenvalue weighted by Crippen LogP contribution is 2.18. The van der Waals surface area contributed by atoms with Gasteiger partial charge in [-0.25, -0.2) is 0 Å². The fraction of sp³-hybridized carbons (Fsp3) is 0.529. The summed E-state index contributed by atoms with van der Waals surface area (Å²) in [6.07, 6.45) is 2.39. The zero-order valence-electron chi connectivity index (χ0n) is 14.6. The van der Waals surface area contributed by atoms with Gasteiger partial charge in [0.05, 0.1) is 25.7 Å². The third-order valence-corrected chi connectivity index (χ3v) is 4.10. The van der Waals surface area contributed by atoms with Gasteiger partial charge in [-0.15, -0.1) is 0 Å². The van der Waals surface area contributed by atoms with Crippen molar-refractivity contribution in [3.05, 3.63) is 24.2 Å². The molecule has 1 aromatic rings. The summed E-state index contributed by atoms with van der Waals surface area (Å²) in [5.41, 5.74) is 0. The first kappa shape index (κ1) is 19.5. The molecule has 0 aromatic carbocycles. The summed E-state index contributed by atoms with van der Waals surface area (Å²) < 4.78 is 14.5. The summed E-state index contributed by atoms with van der Waals surface area (Å²) >= 11 is 0. The number of hydrogen-bond acceptors (Lipinski definition) is 7. The van der Waals surface area contributed by atoms with Crippen LogP contribution in [0.4, 0.5) is 0 Å². The van der Waals surface area contributed by atoms with E-state index in [2.05, 4.69) is 5.32 Å². The number of rotatable bonds is 7. The number of carbonyl (C=O) groups is 4. The highest BCUT2D eigenvalue weighted by molar-refractivity contribution is 5.91. The Morgan fingerprint density at radius 3 is 2.62 bits per heavy atom. The maximum Gasteiger partial charge on any atom is 0.308 e. The second kappa shape index (κ2) is 9.59. The first-order valence-corrected chi connectivity index (χ1v) is 8.34. The van der Waals surface area contributed by atoms with E-state index in [0.29, 0.717) is 25.9 Å². The number of ether oxygens (including phenoxy) is 2. The molecule has 0 unspecified atom stereocenters. The van der Waals surface area contributed by atoms with E-state index in [1.54, 1.807) is 11.0 Å². The first-order valence-electron chi connectivity index (χ1n) is 8.34. The van der Waals surface area contributed by atoms with Gasteiger partial charge in [-0.2, -0.15) is 0 Å². The SMILES string of the molecule is COC(=O)C1CCN(C(=O)COC(=O)CCNC(=O)c2ccco2)CC1. The lowest BCUT2D eigenvalue weighted by atomic mass is 9.97. The Hall–Kier alpha value is -2.84. The summed E-state index contributed by atoms with van der Waals surface area (Å²) in [6, 6.07) is 3.10. The number of piperidine rings is 1. The quantitative estimate of drug-likeness (QED) is 0.693. The number of esters is 2. The molecule has 1 fully saturated rings. The molecule has 0 atom stereocenters. The molecule has 1 aliphatic heterocycles. The van der Waals surface area contributed by atoms with Crippen LogP contribution in [0.2, 0.25) is 0 Å². The summed E-state index contributed by atoms with van der Waals surface area (Å²) in [7, 11) is 1.34. The molecule has 2 rings (SSSR count). The standard InChI is InChI=1S/C17H22N2O7/c1-24-17(23)12-5-8-19(9-6-12)14(20)11-26-15(21)4-7-18-16(22)13-3-2-10-25-13/h2-3,10,12H,4-9,11H2,1H3,(H,18,22). The maximum atomic E-state index is 12.0. The average molecular weight is 366 g/mol. The van der Waals surface area contributed by atoms with Crippen molar-refractivity contribution >= 4 is 23.8 Å². The normalized spacial score (nSPS) is 14.6. The van der Waals surface area contributed by atoms with Crippen molar-refractivity contribution in [1.29, 1.82) is 0 Å². The molecule has 26 heavy (non-hydrogen) atoms. The van der Waals surface area contributed by atoms with Crippen molar-refractivity contribution in [3.8, 4) is 0 Å². The lowest BCUT2D eigenvalue weighted by molar-refractivity contribution is -0.154. The zero-order chi connectivity index (χ0) is 18.9. The molecule has 142 valence electrons. The molecule has 1 aliphatic rings. The van der Waals surface area contributed by atoms with Gasteiger partial charge in [0, 0.05) is 19.6 Å². The summed E-state index contributed by atoms with van der Waals surface area (Å²) in [5, 5.41) is 2.52. The molecule has 9 nitrogen and oxygen atoms in total. The van der Waals surface area contributed by atoms with Crippen molar-refractivity contribution in [2.75, 3.05) is 33.4 Å². The van der Waals surface area contributed by atoms with Crippen molar-refractivity contribution in [2.45, 2.75) is 19.3 Å². The van der Waals surface area contributed by atoms with Crippen LogP contribution in [0.15, 0.2) is 22.8 Å². The number of hydrogen-bond donors (Lipinski definition) is 1. The zero-order valence-corrected chi connectivity index (χ0v) is 14.6. The van der Waals surface area contributed by atoms with E-state index >= 15 is 0 Å². The fourth-order valence-corrected chi connectivity index (χ4v) is 2.61. The molecule has 1 aromatic heterocycles. The minimum absolute atomic E-state index is 0.0514. The molecular formula is C17H22N2O7. The summed E-state index contributed by atoms with van der Waals surface area (Å²) in [5.74, 6) is -1.61. The van der Waals surface area contributed by atoms with Gasteiger partial charge in [-0.05, 0) is 25.0 Å². The molecule has 0 saturated carbocycles. The number of likely N-dealkylation sites (tertiary alicyclic amines) is 1. The van der Waals surface area contributed by atoms with Crippen molar-refractivity contribution < 1.29 is 33.1 Å². The molecular weight excluding hydrogens is 344 g/mol. The van der Waals surface area contributed by atoms with Gasteiger partial charge in [0.15, 0.2) is 12.4 Å². The highest BCUT2D eigenvalue weighted by atomic mass is 16.5. The lowest BCUT2D eigenvalue weighted by Crippen LogP contribution is -2.42. The third kappa shape index (κ3) is 5.61. The van der Waals surface area contributed by atoms with Crippen molar-refractivity contribution in [2.24, 2.45) is 5.92 Å². The van der Waals surface area contributed by atoms with Gasteiger partial charge in [0.1, 0.15) is 0 Å². The lowest BCUT2D eigenvalue weighted by Gasteiger charge is -2.30. The molecule has 1 N–H and O–H groups in total.